The molecule has 1 fully saturated rings. The first kappa shape index (κ1) is 13.0. The van der Waals surface area contributed by atoms with Crippen LogP contribution in [-0.2, 0) is 9.59 Å². The minimum atomic E-state index is -0.926. The molecule has 0 aromatic carbocycles. The molecular weight excluding hydrogens is 206 g/mol. The minimum absolute atomic E-state index is 0.00333. The summed E-state index contributed by atoms with van der Waals surface area (Å²) in [6.07, 6.45) is 4.18. The Morgan fingerprint density at radius 2 is 2.06 bits per heavy atom. The van der Waals surface area contributed by atoms with E-state index in [0.29, 0.717) is 25.8 Å². The maximum atomic E-state index is 11.9. The maximum Gasteiger partial charge on any atom is 0.329 e. The molecule has 0 radical (unpaired) electrons. The molecule has 0 aromatic heterocycles. The Bertz CT molecular complexity index is 277. The molecule has 1 atom stereocenters. The Morgan fingerprint density at radius 3 is 2.56 bits per heavy atom. The van der Waals surface area contributed by atoms with Crippen molar-refractivity contribution in [1.82, 2.24) is 4.90 Å². The number of nitrogens with zero attached hydrogens (tertiary/aromatic N) is 1. The fourth-order valence-corrected chi connectivity index (χ4v) is 2.45. The predicted molar refractivity (Wildman–Crippen MR) is 61.1 cm³/mol. The summed E-state index contributed by atoms with van der Waals surface area (Å²) in [6.45, 7) is 4.48. The lowest BCUT2D eigenvalue weighted by Crippen LogP contribution is -2.52. The largest absolute Gasteiger partial charge is 0.479 e. The fourth-order valence-electron chi connectivity index (χ4n) is 2.45. The van der Waals surface area contributed by atoms with Crippen LogP contribution in [-0.4, -0.2) is 34.0 Å². The van der Waals surface area contributed by atoms with Gasteiger partial charge in [0.25, 0.3) is 0 Å². The number of carbonyl (C=O) groups excluding carboxylic acids is 1. The predicted octanol–water partition coefficient (Wildman–Crippen LogP) is 2.03. The molecule has 1 heterocycles. The van der Waals surface area contributed by atoms with Crippen LogP contribution in [0.4, 0.5) is 0 Å². The van der Waals surface area contributed by atoms with E-state index in [1.807, 2.05) is 13.8 Å². The number of aliphatic carboxylic acids is 1. The molecule has 4 heteroatoms. The highest BCUT2D eigenvalue weighted by atomic mass is 16.4. The number of carbonyl (C=O) groups is 2. The maximum absolute atomic E-state index is 11.9. The molecule has 1 aliphatic rings. The van der Waals surface area contributed by atoms with E-state index in [0.717, 1.165) is 19.3 Å². The van der Waals surface area contributed by atoms with Gasteiger partial charge in [0.05, 0.1) is 0 Å². The van der Waals surface area contributed by atoms with Gasteiger partial charge in [0, 0.05) is 13.0 Å². The highest BCUT2D eigenvalue weighted by Crippen LogP contribution is 2.33. The Morgan fingerprint density at radius 1 is 1.38 bits per heavy atom. The van der Waals surface area contributed by atoms with Gasteiger partial charge in [0.2, 0.25) is 5.91 Å². The van der Waals surface area contributed by atoms with Gasteiger partial charge in [-0.05, 0) is 25.7 Å². The summed E-state index contributed by atoms with van der Waals surface area (Å²) in [5.74, 6) is -0.846. The Balaban J connectivity index is 2.77. The number of hydrogen-bond acceptors (Lipinski definition) is 2. The summed E-state index contributed by atoms with van der Waals surface area (Å²) in [5.41, 5.74) is -0.926. The third-order valence-corrected chi connectivity index (χ3v) is 3.52. The SMILES string of the molecule is CCCCC(=O)N1CCCC1(CC)C(=O)O. The summed E-state index contributed by atoms with van der Waals surface area (Å²) in [7, 11) is 0. The fraction of sp³-hybridized carbons (Fsp3) is 0.833. The molecule has 1 aliphatic heterocycles. The Kier molecular flexibility index (Phi) is 4.33. The molecule has 1 amide bonds. The van der Waals surface area contributed by atoms with E-state index >= 15 is 0 Å². The van der Waals surface area contributed by atoms with Crippen LogP contribution in [0.15, 0.2) is 0 Å². The normalized spacial score (nSPS) is 24.8. The number of likely N-dealkylation sites (tertiary alicyclic amines) is 1. The number of carboxylic acid groups (broad SMARTS) is 1. The van der Waals surface area contributed by atoms with Gasteiger partial charge in [-0.3, -0.25) is 4.79 Å². The van der Waals surface area contributed by atoms with E-state index in [1.165, 1.54) is 0 Å². The smallest absolute Gasteiger partial charge is 0.329 e. The summed E-state index contributed by atoms with van der Waals surface area (Å²) < 4.78 is 0. The molecule has 0 aliphatic carbocycles. The van der Waals surface area contributed by atoms with Gasteiger partial charge in [-0.15, -0.1) is 0 Å². The van der Waals surface area contributed by atoms with Gasteiger partial charge >= 0.3 is 5.97 Å². The van der Waals surface area contributed by atoms with Crippen molar-refractivity contribution < 1.29 is 14.7 Å². The average molecular weight is 227 g/mol. The second-order valence-corrected chi connectivity index (χ2v) is 4.44. The molecule has 0 spiro atoms. The van der Waals surface area contributed by atoms with Gasteiger partial charge in [-0.2, -0.15) is 0 Å². The third kappa shape index (κ3) is 2.20. The van der Waals surface area contributed by atoms with E-state index in [1.54, 1.807) is 4.90 Å². The van der Waals surface area contributed by atoms with Crippen molar-refractivity contribution in [2.45, 2.75) is 57.9 Å². The second-order valence-electron chi connectivity index (χ2n) is 4.44. The van der Waals surface area contributed by atoms with Crippen molar-refractivity contribution in [2.24, 2.45) is 0 Å². The first-order valence-corrected chi connectivity index (χ1v) is 6.12. The second kappa shape index (κ2) is 5.32. The lowest BCUT2D eigenvalue weighted by Gasteiger charge is -2.34. The standard InChI is InChI=1S/C12H21NO3/c1-3-5-7-10(14)13-9-6-8-12(13,4-2)11(15)16/h3-9H2,1-2H3,(H,15,16). The number of amides is 1. The molecule has 1 N–H and O–H groups in total. The third-order valence-electron chi connectivity index (χ3n) is 3.52. The molecule has 0 bridgehead atoms. The first-order valence-electron chi connectivity index (χ1n) is 6.12. The average Bonchev–Trinajstić information content (AvgIpc) is 2.70. The van der Waals surface area contributed by atoms with Crippen LogP contribution in [0.3, 0.4) is 0 Å². The van der Waals surface area contributed by atoms with E-state index in [2.05, 4.69) is 0 Å². The number of rotatable bonds is 5. The summed E-state index contributed by atoms with van der Waals surface area (Å²) >= 11 is 0. The molecule has 92 valence electrons. The number of carboxylic acids is 1. The highest BCUT2D eigenvalue weighted by molar-refractivity contribution is 5.87. The van der Waals surface area contributed by atoms with Crippen LogP contribution in [0.5, 0.6) is 0 Å². The van der Waals surface area contributed by atoms with Crippen LogP contribution in [0.2, 0.25) is 0 Å². The number of hydrogen-bond donors (Lipinski definition) is 1. The van der Waals surface area contributed by atoms with Crippen molar-refractivity contribution in [3.05, 3.63) is 0 Å². The van der Waals surface area contributed by atoms with Crippen LogP contribution in [0.1, 0.15) is 52.4 Å². The lowest BCUT2D eigenvalue weighted by atomic mass is 9.92. The van der Waals surface area contributed by atoms with E-state index in [4.69, 9.17) is 0 Å². The minimum Gasteiger partial charge on any atom is -0.479 e. The van der Waals surface area contributed by atoms with Crippen LogP contribution >= 0.6 is 0 Å². The van der Waals surface area contributed by atoms with Gasteiger partial charge in [-0.25, -0.2) is 4.79 Å². The molecule has 1 unspecified atom stereocenters. The zero-order valence-corrected chi connectivity index (χ0v) is 10.2. The van der Waals surface area contributed by atoms with E-state index in [-0.39, 0.29) is 5.91 Å². The molecular formula is C12H21NO3. The van der Waals surface area contributed by atoms with Crippen LogP contribution in [0, 0.1) is 0 Å². The van der Waals surface area contributed by atoms with Gasteiger partial charge in [-0.1, -0.05) is 20.3 Å². The van der Waals surface area contributed by atoms with Crippen molar-refractivity contribution >= 4 is 11.9 Å². The van der Waals surface area contributed by atoms with Crippen molar-refractivity contribution in [3.63, 3.8) is 0 Å². The zero-order chi connectivity index (χ0) is 12.2. The molecule has 1 rings (SSSR count). The Labute approximate surface area is 96.6 Å². The van der Waals surface area contributed by atoms with Gasteiger partial charge in [0.15, 0.2) is 0 Å². The molecule has 1 saturated heterocycles. The van der Waals surface area contributed by atoms with Crippen molar-refractivity contribution in [2.75, 3.05) is 6.54 Å². The lowest BCUT2D eigenvalue weighted by molar-refractivity contribution is -0.156. The summed E-state index contributed by atoms with van der Waals surface area (Å²) in [5, 5.41) is 9.31. The molecule has 0 saturated carbocycles. The molecule has 4 nitrogen and oxygen atoms in total. The molecule has 16 heavy (non-hydrogen) atoms. The van der Waals surface area contributed by atoms with Gasteiger partial charge < -0.3 is 10.0 Å². The van der Waals surface area contributed by atoms with E-state index in [9.17, 15) is 14.7 Å². The Hall–Kier alpha value is -1.06. The number of unbranched alkanes of at least 4 members (excludes halogenated alkanes) is 1. The monoisotopic (exact) mass is 227 g/mol. The topological polar surface area (TPSA) is 57.6 Å². The first-order chi connectivity index (χ1) is 7.58. The van der Waals surface area contributed by atoms with Crippen molar-refractivity contribution in [1.29, 1.82) is 0 Å². The quantitative estimate of drug-likeness (QED) is 0.781. The van der Waals surface area contributed by atoms with Gasteiger partial charge in [0.1, 0.15) is 5.54 Å². The summed E-state index contributed by atoms with van der Waals surface area (Å²) in [4.78, 5) is 24.9. The molecule has 0 aromatic rings. The van der Waals surface area contributed by atoms with Crippen LogP contribution < -0.4 is 0 Å². The van der Waals surface area contributed by atoms with E-state index < -0.39 is 11.5 Å². The van der Waals surface area contributed by atoms with Crippen LogP contribution in [0.25, 0.3) is 0 Å². The highest BCUT2D eigenvalue weighted by Gasteiger charge is 2.47. The van der Waals surface area contributed by atoms with Crippen molar-refractivity contribution in [3.8, 4) is 0 Å². The summed E-state index contributed by atoms with van der Waals surface area (Å²) in [6, 6.07) is 0. The zero-order valence-electron chi connectivity index (χ0n) is 10.2.